The Morgan fingerprint density at radius 1 is 1.10 bits per heavy atom. The minimum Gasteiger partial charge on any atom is -0.399 e. The lowest BCUT2D eigenvalue weighted by atomic mass is 9.80. The zero-order valence-corrected chi connectivity index (χ0v) is 12.2. The van der Waals surface area contributed by atoms with Gasteiger partial charge in [0.1, 0.15) is 5.78 Å². The van der Waals surface area contributed by atoms with Crippen LogP contribution >= 0.6 is 0 Å². The van der Waals surface area contributed by atoms with Crippen molar-refractivity contribution in [2.45, 2.75) is 38.0 Å². The van der Waals surface area contributed by atoms with Gasteiger partial charge in [0.2, 0.25) is 0 Å². The Labute approximate surface area is 126 Å². The molecule has 1 unspecified atom stereocenters. The van der Waals surface area contributed by atoms with E-state index in [9.17, 15) is 4.79 Å². The molecule has 0 saturated carbocycles. The average Bonchev–Trinajstić information content (AvgIpc) is 2.50. The molecule has 0 aliphatic heterocycles. The summed E-state index contributed by atoms with van der Waals surface area (Å²) < 4.78 is 0. The number of nitrogens with two attached hydrogens (primary N) is 1. The highest BCUT2D eigenvalue weighted by molar-refractivity contribution is 5.81. The summed E-state index contributed by atoms with van der Waals surface area (Å²) in [5, 5.41) is 0. The Kier molecular flexibility index (Phi) is 4.05. The number of aryl methyl sites for hydroxylation is 1. The largest absolute Gasteiger partial charge is 0.399 e. The number of benzene rings is 2. The fraction of sp³-hybridized carbons (Fsp3) is 0.316. The van der Waals surface area contributed by atoms with Crippen LogP contribution in [0.25, 0.3) is 0 Å². The minimum absolute atomic E-state index is 0.321. The first-order valence-electron chi connectivity index (χ1n) is 7.66. The van der Waals surface area contributed by atoms with Crippen molar-refractivity contribution in [3.8, 4) is 0 Å². The van der Waals surface area contributed by atoms with Gasteiger partial charge in [0.15, 0.2) is 0 Å². The van der Waals surface area contributed by atoms with Crippen LogP contribution < -0.4 is 5.73 Å². The fourth-order valence-electron chi connectivity index (χ4n) is 3.28. The molecule has 2 N–H and O–H groups in total. The summed E-state index contributed by atoms with van der Waals surface area (Å²) in [6, 6.07) is 16.2. The number of anilines is 1. The quantitative estimate of drug-likeness (QED) is 0.863. The minimum atomic E-state index is 0.321. The maximum atomic E-state index is 12.3. The number of hydrogen-bond donors (Lipinski definition) is 1. The Morgan fingerprint density at radius 3 is 2.67 bits per heavy atom. The van der Waals surface area contributed by atoms with Gasteiger partial charge in [-0.2, -0.15) is 0 Å². The highest BCUT2D eigenvalue weighted by atomic mass is 16.1. The lowest BCUT2D eigenvalue weighted by Crippen LogP contribution is -2.15. The number of carbonyl (C=O) groups excluding carboxylic acids is 1. The van der Waals surface area contributed by atoms with Gasteiger partial charge in [-0.05, 0) is 54.0 Å². The number of Topliss-reactive ketones (excluding diaryl/α,β-unsaturated/α-hetero) is 1. The molecule has 0 spiro atoms. The molecular weight excluding hydrogens is 258 g/mol. The molecule has 1 atom stereocenters. The van der Waals surface area contributed by atoms with Gasteiger partial charge in [-0.1, -0.05) is 36.4 Å². The van der Waals surface area contributed by atoms with Crippen LogP contribution in [0, 0.1) is 0 Å². The van der Waals surface area contributed by atoms with Crippen molar-refractivity contribution >= 4 is 11.5 Å². The highest BCUT2D eigenvalue weighted by Crippen LogP contribution is 2.34. The molecule has 2 nitrogen and oxygen atoms in total. The van der Waals surface area contributed by atoms with E-state index in [-0.39, 0.29) is 0 Å². The molecule has 0 radical (unpaired) electrons. The lowest BCUT2D eigenvalue weighted by molar-refractivity contribution is -0.118. The zero-order chi connectivity index (χ0) is 14.7. The molecule has 3 rings (SSSR count). The first-order chi connectivity index (χ1) is 10.2. The molecule has 2 heteroatoms. The van der Waals surface area contributed by atoms with Gasteiger partial charge in [-0.15, -0.1) is 0 Å². The highest BCUT2D eigenvalue weighted by Gasteiger charge is 2.22. The van der Waals surface area contributed by atoms with E-state index in [1.807, 2.05) is 24.3 Å². The Hall–Kier alpha value is -2.09. The number of nitrogen functional groups attached to an aromatic ring is 1. The number of hydrogen-bond acceptors (Lipinski definition) is 2. The van der Waals surface area contributed by atoms with Gasteiger partial charge in [0.25, 0.3) is 0 Å². The van der Waals surface area contributed by atoms with Crippen LogP contribution in [0.5, 0.6) is 0 Å². The van der Waals surface area contributed by atoms with Crippen LogP contribution in [-0.4, -0.2) is 5.78 Å². The second kappa shape index (κ2) is 6.13. The van der Waals surface area contributed by atoms with Crippen molar-refractivity contribution in [2.75, 3.05) is 5.73 Å². The predicted octanol–water partition coefficient (Wildman–Crippen LogP) is 3.89. The smallest absolute Gasteiger partial charge is 0.137 e. The summed E-state index contributed by atoms with van der Waals surface area (Å²) >= 11 is 0. The molecule has 1 aliphatic carbocycles. The van der Waals surface area contributed by atoms with E-state index in [1.165, 1.54) is 17.5 Å². The molecule has 0 bridgehead atoms. The first-order valence-corrected chi connectivity index (χ1v) is 7.66. The third kappa shape index (κ3) is 3.33. The molecule has 0 heterocycles. The summed E-state index contributed by atoms with van der Waals surface area (Å²) in [6.45, 7) is 0. The van der Waals surface area contributed by atoms with E-state index in [0.717, 1.165) is 24.1 Å². The van der Waals surface area contributed by atoms with Crippen LogP contribution in [0.4, 0.5) is 5.69 Å². The standard InChI is InChI=1S/C19H21NO/c20-17-10-8-14(9-11-17)12-18(21)13-16-6-3-5-15-4-1-2-7-19(15)16/h1-2,4,7-11,16H,3,5-6,12-13,20H2. The van der Waals surface area contributed by atoms with Gasteiger partial charge in [-0.3, -0.25) is 4.79 Å². The van der Waals surface area contributed by atoms with Gasteiger partial charge in [0, 0.05) is 18.5 Å². The van der Waals surface area contributed by atoms with Crippen LogP contribution in [-0.2, 0) is 17.6 Å². The molecule has 0 aromatic heterocycles. The number of rotatable bonds is 4. The van der Waals surface area contributed by atoms with Gasteiger partial charge >= 0.3 is 0 Å². The maximum Gasteiger partial charge on any atom is 0.137 e. The van der Waals surface area contributed by atoms with Crippen molar-refractivity contribution in [1.29, 1.82) is 0 Å². The number of ketones is 1. The summed E-state index contributed by atoms with van der Waals surface area (Å²) in [6.07, 6.45) is 4.64. The van der Waals surface area contributed by atoms with Crippen LogP contribution in [0.2, 0.25) is 0 Å². The molecule has 108 valence electrons. The number of fused-ring (bicyclic) bond motifs is 1. The lowest BCUT2D eigenvalue weighted by Gasteiger charge is -2.25. The third-order valence-electron chi connectivity index (χ3n) is 4.35. The van der Waals surface area contributed by atoms with Crippen LogP contribution in [0.1, 0.15) is 41.9 Å². The SMILES string of the molecule is Nc1ccc(CC(=O)CC2CCCc3ccccc32)cc1. The van der Waals surface area contributed by atoms with E-state index >= 15 is 0 Å². The molecular formula is C19H21NO. The van der Waals surface area contributed by atoms with Crippen molar-refractivity contribution in [2.24, 2.45) is 0 Å². The third-order valence-corrected chi connectivity index (χ3v) is 4.35. The van der Waals surface area contributed by atoms with E-state index in [4.69, 9.17) is 5.73 Å². The molecule has 0 fully saturated rings. The second-order valence-electron chi connectivity index (χ2n) is 5.95. The summed E-state index contributed by atoms with van der Waals surface area (Å²) in [7, 11) is 0. The van der Waals surface area contributed by atoms with Crippen LogP contribution in [0.3, 0.4) is 0 Å². The Bertz CT molecular complexity index is 630. The first kappa shape index (κ1) is 13.9. The molecule has 0 amide bonds. The monoisotopic (exact) mass is 279 g/mol. The van der Waals surface area contributed by atoms with Gasteiger partial charge in [-0.25, -0.2) is 0 Å². The topological polar surface area (TPSA) is 43.1 Å². The van der Waals surface area contributed by atoms with Crippen molar-refractivity contribution in [1.82, 2.24) is 0 Å². The zero-order valence-electron chi connectivity index (χ0n) is 12.2. The molecule has 21 heavy (non-hydrogen) atoms. The second-order valence-corrected chi connectivity index (χ2v) is 5.95. The maximum absolute atomic E-state index is 12.3. The number of carbonyl (C=O) groups is 1. The van der Waals surface area contributed by atoms with Crippen LogP contribution in [0.15, 0.2) is 48.5 Å². The summed E-state index contributed by atoms with van der Waals surface area (Å²) in [5.41, 5.74) is 10.3. The van der Waals surface area contributed by atoms with Crippen molar-refractivity contribution < 1.29 is 4.79 Å². The normalized spacial score (nSPS) is 17.2. The van der Waals surface area contributed by atoms with E-state index in [1.54, 1.807) is 0 Å². The summed E-state index contributed by atoms with van der Waals surface area (Å²) in [4.78, 5) is 12.3. The van der Waals surface area contributed by atoms with Gasteiger partial charge in [0.05, 0.1) is 0 Å². The molecule has 2 aromatic carbocycles. The van der Waals surface area contributed by atoms with Gasteiger partial charge < -0.3 is 5.73 Å². The van der Waals surface area contributed by atoms with E-state index in [0.29, 0.717) is 24.5 Å². The average molecular weight is 279 g/mol. The Morgan fingerprint density at radius 2 is 1.86 bits per heavy atom. The predicted molar refractivity (Wildman–Crippen MR) is 86.3 cm³/mol. The molecule has 1 aliphatic rings. The Balaban J connectivity index is 1.67. The van der Waals surface area contributed by atoms with E-state index < -0.39 is 0 Å². The summed E-state index contributed by atoms with van der Waals surface area (Å²) in [5.74, 6) is 0.720. The van der Waals surface area contributed by atoms with E-state index in [2.05, 4.69) is 24.3 Å². The fourth-order valence-corrected chi connectivity index (χ4v) is 3.28. The molecule has 2 aromatic rings. The molecule has 0 saturated heterocycles. The van der Waals surface area contributed by atoms with Crippen molar-refractivity contribution in [3.05, 3.63) is 65.2 Å². The van der Waals surface area contributed by atoms with Crippen molar-refractivity contribution in [3.63, 3.8) is 0 Å².